The summed E-state index contributed by atoms with van der Waals surface area (Å²) in [7, 11) is 1.21. The van der Waals surface area contributed by atoms with Gasteiger partial charge in [0.1, 0.15) is 28.7 Å². The zero-order chi connectivity index (χ0) is 19.1. The van der Waals surface area contributed by atoms with Crippen molar-refractivity contribution in [1.29, 1.82) is 5.26 Å². The highest BCUT2D eigenvalue weighted by Crippen LogP contribution is 2.27. The fraction of sp³-hybridized carbons (Fsp3) is 0.316. The average molecular weight is 356 g/mol. The Morgan fingerprint density at radius 2 is 1.96 bits per heavy atom. The number of furan rings is 1. The molecule has 1 aromatic carbocycles. The van der Waals surface area contributed by atoms with Gasteiger partial charge in [-0.15, -0.1) is 0 Å². The lowest BCUT2D eigenvalue weighted by Gasteiger charge is -2.07. The van der Waals surface area contributed by atoms with Crippen molar-refractivity contribution in [1.82, 2.24) is 0 Å². The molecule has 0 radical (unpaired) electrons. The summed E-state index contributed by atoms with van der Waals surface area (Å²) in [5.74, 6) is -0.271. The van der Waals surface area contributed by atoms with Crippen LogP contribution in [-0.4, -0.2) is 25.6 Å². The first-order valence-electron chi connectivity index (χ1n) is 8.13. The van der Waals surface area contributed by atoms with Crippen molar-refractivity contribution >= 4 is 17.8 Å². The molecular formula is C19H20N2O5. The first-order chi connectivity index (χ1) is 12.5. The number of nitrogens with zero attached hydrogens (tertiary/aromatic N) is 1. The molecule has 0 saturated carbocycles. The van der Waals surface area contributed by atoms with Crippen LogP contribution in [0.5, 0.6) is 5.75 Å². The molecule has 26 heavy (non-hydrogen) atoms. The van der Waals surface area contributed by atoms with Gasteiger partial charge in [0, 0.05) is 0 Å². The van der Waals surface area contributed by atoms with Crippen molar-refractivity contribution in [2.24, 2.45) is 0 Å². The number of nitriles is 1. The standard InChI is InChI=1S/C19H20N2O5/c1-4-13-5-7-14(8-6-13)25-10-9-16(22)21-18-15(11-20)17(12(2)26-18)19(23)24-3/h5-8H,4,9-10H2,1-3H3,(H,21,22). The van der Waals surface area contributed by atoms with E-state index in [1.54, 1.807) is 0 Å². The Balaban J connectivity index is 1.95. The summed E-state index contributed by atoms with van der Waals surface area (Å²) in [4.78, 5) is 23.8. The minimum atomic E-state index is -0.692. The Labute approximate surface area is 151 Å². The van der Waals surface area contributed by atoms with E-state index in [-0.39, 0.29) is 35.8 Å². The Kier molecular flexibility index (Phi) is 6.39. The van der Waals surface area contributed by atoms with Crippen molar-refractivity contribution in [3.05, 3.63) is 46.7 Å². The number of carbonyl (C=O) groups is 2. The summed E-state index contributed by atoms with van der Waals surface area (Å²) in [6, 6.07) is 9.49. The number of benzene rings is 1. The van der Waals surface area contributed by atoms with Gasteiger partial charge in [-0.3, -0.25) is 10.1 Å². The largest absolute Gasteiger partial charge is 0.493 e. The molecule has 0 spiro atoms. The molecule has 1 heterocycles. The van der Waals surface area contributed by atoms with Crippen LogP contribution in [0.4, 0.5) is 5.88 Å². The summed E-state index contributed by atoms with van der Waals surface area (Å²) in [6.07, 6.45) is 1.01. The van der Waals surface area contributed by atoms with Gasteiger partial charge >= 0.3 is 5.97 Å². The van der Waals surface area contributed by atoms with Gasteiger partial charge in [-0.2, -0.15) is 5.26 Å². The van der Waals surface area contributed by atoms with E-state index in [0.717, 1.165) is 6.42 Å². The van der Waals surface area contributed by atoms with E-state index in [1.165, 1.54) is 19.6 Å². The monoisotopic (exact) mass is 356 g/mol. The van der Waals surface area contributed by atoms with Crippen LogP contribution in [0.25, 0.3) is 0 Å². The van der Waals surface area contributed by atoms with Gasteiger partial charge in [0.2, 0.25) is 11.8 Å². The van der Waals surface area contributed by atoms with Gasteiger partial charge < -0.3 is 13.9 Å². The average Bonchev–Trinajstić information content (AvgIpc) is 2.96. The third-order valence-corrected chi connectivity index (χ3v) is 3.77. The number of aryl methyl sites for hydroxylation is 2. The molecule has 1 amide bonds. The first kappa shape index (κ1) is 19.1. The van der Waals surface area contributed by atoms with E-state index in [9.17, 15) is 14.9 Å². The number of rotatable bonds is 7. The number of ether oxygens (including phenoxy) is 2. The fourth-order valence-electron chi connectivity index (χ4n) is 2.36. The van der Waals surface area contributed by atoms with Gasteiger partial charge in [0.25, 0.3) is 0 Å². The van der Waals surface area contributed by atoms with Crippen LogP contribution in [0.1, 0.15) is 40.6 Å². The van der Waals surface area contributed by atoms with Crippen LogP contribution in [-0.2, 0) is 16.0 Å². The molecule has 0 saturated heterocycles. The third kappa shape index (κ3) is 4.42. The maximum absolute atomic E-state index is 12.1. The predicted octanol–water partition coefficient (Wildman–Crippen LogP) is 3.22. The Bertz CT molecular complexity index is 831. The van der Waals surface area contributed by atoms with Crippen molar-refractivity contribution in [2.75, 3.05) is 19.0 Å². The minimum Gasteiger partial charge on any atom is -0.493 e. The van der Waals surface area contributed by atoms with E-state index in [0.29, 0.717) is 5.75 Å². The maximum atomic E-state index is 12.1. The van der Waals surface area contributed by atoms with Crippen molar-refractivity contribution < 1.29 is 23.5 Å². The fourth-order valence-corrected chi connectivity index (χ4v) is 2.36. The number of hydrogen-bond acceptors (Lipinski definition) is 6. The lowest BCUT2D eigenvalue weighted by molar-refractivity contribution is -0.116. The SMILES string of the molecule is CCc1ccc(OCCC(=O)Nc2oc(C)c(C(=O)OC)c2C#N)cc1. The lowest BCUT2D eigenvalue weighted by Crippen LogP contribution is -2.15. The summed E-state index contributed by atoms with van der Waals surface area (Å²) < 4.78 is 15.5. The van der Waals surface area contributed by atoms with E-state index in [1.807, 2.05) is 30.3 Å². The molecule has 0 aliphatic heterocycles. The highest BCUT2D eigenvalue weighted by atomic mass is 16.5. The molecule has 0 atom stereocenters. The number of nitrogens with one attached hydrogen (secondary N) is 1. The van der Waals surface area contributed by atoms with Crippen molar-refractivity contribution in [3.8, 4) is 11.8 Å². The normalized spacial score (nSPS) is 10.1. The molecule has 7 nitrogen and oxygen atoms in total. The maximum Gasteiger partial charge on any atom is 0.342 e. The predicted molar refractivity (Wildman–Crippen MR) is 94.1 cm³/mol. The molecule has 136 valence electrons. The minimum absolute atomic E-state index is 0.0116. The topological polar surface area (TPSA) is 102 Å². The van der Waals surface area contributed by atoms with Gasteiger partial charge in [-0.25, -0.2) is 4.79 Å². The second kappa shape index (κ2) is 8.72. The lowest BCUT2D eigenvalue weighted by atomic mass is 10.1. The van der Waals surface area contributed by atoms with Crippen LogP contribution in [0.3, 0.4) is 0 Å². The Morgan fingerprint density at radius 3 is 2.54 bits per heavy atom. The molecule has 1 aromatic heterocycles. The second-order valence-electron chi connectivity index (χ2n) is 5.48. The highest BCUT2D eigenvalue weighted by Gasteiger charge is 2.25. The molecule has 0 aliphatic rings. The molecular weight excluding hydrogens is 336 g/mol. The van der Waals surface area contributed by atoms with Crippen LogP contribution >= 0.6 is 0 Å². The first-order valence-corrected chi connectivity index (χ1v) is 8.13. The quantitative estimate of drug-likeness (QED) is 0.764. The van der Waals surface area contributed by atoms with Crippen LogP contribution in [0.15, 0.2) is 28.7 Å². The number of amides is 1. The molecule has 0 aliphatic carbocycles. The Morgan fingerprint density at radius 1 is 1.27 bits per heavy atom. The number of anilines is 1. The highest BCUT2D eigenvalue weighted by molar-refractivity contribution is 5.98. The molecule has 2 rings (SSSR count). The van der Waals surface area contributed by atoms with Gasteiger partial charge in [0.15, 0.2) is 0 Å². The van der Waals surface area contributed by atoms with Crippen LogP contribution in [0, 0.1) is 18.3 Å². The smallest absolute Gasteiger partial charge is 0.342 e. The number of methoxy groups -OCH3 is 1. The molecule has 0 bridgehead atoms. The molecule has 7 heteroatoms. The summed E-state index contributed by atoms with van der Waals surface area (Å²) in [5, 5.41) is 11.7. The number of hydrogen-bond donors (Lipinski definition) is 1. The van der Waals surface area contributed by atoms with Gasteiger partial charge in [0.05, 0.1) is 20.1 Å². The molecule has 1 N–H and O–H groups in total. The zero-order valence-electron chi connectivity index (χ0n) is 14.9. The summed E-state index contributed by atoms with van der Waals surface area (Å²) in [6.45, 7) is 3.76. The zero-order valence-corrected chi connectivity index (χ0v) is 14.9. The van der Waals surface area contributed by atoms with E-state index in [4.69, 9.17) is 9.15 Å². The molecule has 0 fully saturated rings. The third-order valence-electron chi connectivity index (χ3n) is 3.77. The number of esters is 1. The Hall–Kier alpha value is -3.27. The van der Waals surface area contributed by atoms with E-state index < -0.39 is 11.9 Å². The molecule has 2 aromatic rings. The van der Waals surface area contributed by atoms with E-state index >= 15 is 0 Å². The summed E-state index contributed by atoms with van der Waals surface area (Å²) >= 11 is 0. The summed E-state index contributed by atoms with van der Waals surface area (Å²) in [5.41, 5.74) is 1.16. The molecule has 0 unspecified atom stereocenters. The second-order valence-corrected chi connectivity index (χ2v) is 5.48. The number of carbonyl (C=O) groups excluding carboxylic acids is 2. The van der Waals surface area contributed by atoms with Crippen LogP contribution in [0.2, 0.25) is 0 Å². The van der Waals surface area contributed by atoms with E-state index in [2.05, 4.69) is 17.0 Å². The van der Waals surface area contributed by atoms with Crippen LogP contribution < -0.4 is 10.1 Å². The van der Waals surface area contributed by atoms with Crippen molar-refractivity contribution in [2.45, 2.75) is 26.7 Å². The van der Waals surface area contributed by atoms with Gasteiger partial charge in [-0.1, -0.05) is 19.1 Å². The van der Waals surface area contributed by atoms with Gasteiger partial charge in [-0.05, 0) is 31.0 Å². The van der Waals surface area contributed by atoms with Crippen molar-refractivity contribution in [3.63, 3.8) is 0 Å².